The standard InChI is InChI=1S/C15H13Cl3FN/c16-11-2-1-9(15(18)8-11)6-13(20)7-10-5-12(19)3-4-14(10)17/h1-5,8,13H,6-7,20H2. The molecule has 5 heteroatoms. The summed E-state index contributed by atoms with van der Waals surface area (Å²) in [6, 6.07) is 9.36. The van der Waals surface area contributed by atoms with Gasteiger partial charge in [0.1, 0.15) is 5.82 Å². The molecule has 0 aromatic heterocycles. The fraction of sp³-hybridized carbons (Fsp3) is 0.200. The first kappa shape index (κ1) is 15.6. The molecule has 0 heterocycles. The number of rotatable bonds is 4. The third kappa shape index (κ3) is 4.10. The predicted molar refractivity (Wildman–Crippen MR) is 83.3 cm³/mol. The molecule has 106 valence electrons. The Morgan fingerprint density at radius 2 is 1.60 bits per heavy atom. The topological polar surface area (TPSA) is 26.0 Å². The second kappa shape index (κ2) is 6.77. The number of hydrogen-bond acceptors (Lipinski definition) is 1. The van der Waals surface area contributed by atoms with Crippen molar-refractivity contribution >= 4 is 34.8 Å². The molecule has 1 unspecified atom stereocenters. The summed E-state index contributed by atoms with van der Waals surface area (Å²) in [5, 5.41) is 1.68. The second-order valence-corrected chi connectivity index (χ2v) is 5.89. The lowest BCUT2D eigenvalue weighted by Gasteiger charge is -2.14. The molecule has 0 amide bonds. The van der Waals surface area contributed by atoms with Gasteiger partial charge in [0.25, 0.3) is 0 Å². The molecule has 2 rings (SSSR count). The molecule has 0 saturated heterocycles. The highest BCUT2D eigenvalue weighted by Gasteiger charge is 2.11. The molecule has 1 atom stereocenters. The minimum absolute atomic E-state index is 0.201. The van der Waals surface area contributed by atoms with E-state index < -0.39 is 0 Å². The first-order valence-electron chi connectivity index (χ1n) is 6.09. The summed E-state index contributed by atoms with van der Waals surface area (Å²) in [6.07, 6.45) is 1.05. The smallest absolute Gasteiger partial charge is 0.123 e. The molecule has 0 aliphatic heterocycles. The van der Waals surface area contributed by atoms with Crippen LogP contribution in [-0.4, -0.2) is 6.04 Å². The Balaban J connectivity index is 2.08. The third-order valence-corrected chi connectivity index (χ3v) is 3.94. The summed E-state index contributed by atoms with van der Waals surface area (Å²) in [6.45, 7) is 0. The summed E-state index contributed by atoms with van der Waals surface area (Å²) in [7, 11) is 0. The zero-order chi connectivity index (χ0) is 14.7. The van der Waals surface area contributed by atoms with Gasteiger partial charge in [-0.25, -0.2) is 4.39 Å². The van der Waals surface area contributed by atoms with Crippen LogP contribution in [0.3, 0.4) is 0 Å². The maximum absolute atomic E-state index is 13.2. The molecule has 0 spiro atoms. The van der Waals surface area contributed by atoms with E-state index in [-0.39, 0.29) is 11.9 Å². The van der Waals surface area contributed by atoms with Crippen molar-refractivity contribution in [3.05, 3.63) is 68.4 Å². The zero-order valence-electron chi connectivity index (χ0n) is 10.5. The lowest BCUT2D eigenvalue weighted by molar-refractivity contribution is 0.618. The van der Waals surface area contributed by atoms with E-state index in [1.807, 2.05) is 6.07 Å². The van der Waals surface area contributed by atoms with Crippen LogP contribution in [0.25, 0.3) is 0 Å². The monoisotopic (exact) mass is 331 g/mol. The van der Waals surface area contributed by atoms with Crippen molar-refractivity contribution in [2.75, 3.05) is 0 Å². The molecule has 2 aromatic carbocycles. The van der Waals surface area contributed by atoms with Crippen LogP contribution in [0.15, 0.2) is 36.4 Å². The quantitative estimate of drug-likeness (QED) is 0.847. The highest BCUT2D eigenvalue weighted by Crippen LogP contribution is 2.24. The molecule has 2 N–H and O–H groups in total. The SMILES string of the molecule is NC(Cc1ccc(Cl)cc1Cl)Cc1cc(F)ccc1Cl. The number of halogens is 4. The summed E-state index contributed by atoms with van der Waals surface area (Å²) >= 11 is 18.0. The van der Waals surface area contributed by atoms with Gasteiger partial charge in [-0.05, 0) is 54.3 Å². The molecule has 1 nitrogen and oxygen atoms in total. The van der Waals surface area contributed by atoms with Crippen LogP contribution >= 0.6 is 34.8 Å². The van der Waals surface area contributed by atoms with Crippen LogP contribution in [-0.2, 0) is 12.8 Å². The van der Waals surface area contributed by atoms with Crippen molar-refractivity contribution in [2.24, 2.45) is 5.73 Å². The Labute approximate surface area is 132 Å². The summed E-state index contributed by atoms with van der Waals surface area (Å²) in [5.41, 5.74) is 7.70. The highest BCUT2D eigenvalue weighted by molar-refractivity contribution is 6.35. The highest BCUT2D eigenvalue weighted by atomic mass is 35.5. The Morgan fingerprint density at radius 1 is 0.900 bits per heavy atom. The maximum Gasteiger partial charge on any atom is 0.123 e. The molecule has 20 heavy (non-hydrogen) atoms. The van der Waals surface area contributed by atoms with Gasteiger partial charge < -0.3 is 5.73 Å². The van der Waals surface area contributed by atoms with Crippen LogP contribution in [0.5, 0.6) is 0 Å². The lowest BCUT2D eigenvalue weighted by atomic mass is 9.99. The molecule has 0 fully saturated rings. The van der Waals surface area contributed by atoms with Crippen molar-refractivity contribution in [3.8, 4) is 0 Å². The van der Waals surface area contributed by atoms with Crippen molar-refractivity contribution in [2.45, 2.75) is 18.9 Å². The first-order chi connectivity index (χ1) is 9.45. The van der Waals surface area contributed by atoms with Gasteiger partial charge in [0.05, 0.1) is 0 Å². The van der Waals surface area contributed by atoms with Crippen LogP contribution < -0.4 is 5.73 Å². The fourth-order valence-electron chi connectivity index (χ4n) is 2.02. The molecule has 0 saturated carbocycles. The van der Waals surface area contributed by atoms with E-state index in [1.54, 1.807) is 12.1 Å². The number of benzene rings is 2. The zero-order valence-corrected chi connectivity index (χ0v) is 12.8. The first-order valence-corrected chi connectivity index (χ1v) is 7.22. The van der Waals surface area contributed by atoms with Crippen molar-refractivity contribution < 1.29 is 4.39 Å². The average Bonchev–Trinajstić information content (AvgIpc) is 2.37. The van der Waals surface area contributed by atoms with Gasteiger partial charge in [-0.2, -0.15) is 0 Å². The van der Waals surface area contributed by atoms with E-state index in [2.05, 4.69) is 0 Å². The summed E-state index contributed by atoms with van der Waals surface area (Å²) in [5.74, 6) is -0.318. The van der Waals surface area contributed by atoms with Crippen molar-refractivity contribution in [1.29, 1.82) is 0 Å². The van der Waals surface area contributed by atoms with Gasteiger partial charge in [-0.1, -0.05) is 40.9 Å². The normalized spacial score (nSPS) is 12.4. The fourth-order valence-corrected chi connectivity index (χ4v) is 2.70. The largest absolute Gasteiger partial charge is 0.327 e. The van der Waals surface area contributed by atoms with Gasteiger partial charge in [0, 0.05) is 21.1 Å². The van der Waals surface area contributed by atoms with Crippen LogP contribution in [0.1, 0.15) is 11.1 Å². The van der Waals surface area contributed by atoms with Gasteiger partial charge in [-0.3, -0.25) is 0 Å². The van der Waals surface area contributed by atoms with Crippen LogP contribution in [0.2, 0.25) is 15.1 Å². The molecule has 2 aromatic rings. The molecule has 0 bridgehead atoms. The van der Waals surface area contributed by atoms with E-state index in [9.17, 15) is 4.39 Å². The lowest BCUT2D eigenvalue weighted by Crippen LogP contribution is -2.25. The molecular formula is C15H13Cl3FN. The van der Waals surface area contributed by atoms with Gasteiger partial charge in [-0.15, -0.1) is 0 Å². The number of hydrogen-bond donors (Lipinski definition) is 1. The van der Waals surface area contributed by atoms with E-state index >= 15 is 0 Å². The predicted octanol–water partition coefficient (Wildman–Crippen LogP) is 4.90. The Kier molecular flexibility index (Phi) is 5.28. The second-order valence-electron chi connectivity index (χ2n) is 4.64. The van der Waals surface area contributed by atoms with E-state index in [1.165, 1.54) is 18.2 Å². The van der Waals surface area contributed by atoms with Gasteiger partial charge >= 0.3 is 0 Å². The minimum Gasteiger partial charge on any atom is -0.327 e. The van der Waals surface area contributed by atoms with Gasteiger partial charge in [0.15, 0.2) is 0 Å². The average molecular weight is 333 g/mol. The van der Waals surface area contributed by atoms with E-state index in [4.69, 9.17) is 40.5 Å². The van der Waals surface area contributed by atoms with E-state index in [0.29, 0.717) is 33.5 Å². The van der Waals surface area contributed by atoms with Crippen molar-refractivity contribution in [1.82, 2.24) is 0 Å². The van der Waals surface area contributed by atoms with Crippen LogP contribution in [0, 0.1) is 5.82 Å². The minimum atomic E-state index is -0.318. The van der Waals surface area contributed by atoms with Crippen LogP contribution in [0.4, 0.5) is 4.39 Å². The Bertz CT molecular complexity index is 616. The molecule has 0 aliphatic carbocycles. The Morgan fingerprint density at radius 3 is 2.30 bits per heavy atom. The van der Waals surface area contributed by atoms with Gasteiger partial charge in [0.2, 0.25) is 0 Å². The Hall–Kier alpha value is -0.800. The molecule has 0 radical (unpaired) electrons. The third-order valence-electron chi connectivity index (χ3n) is 2.99. The molecule has 0 aliphatic rings. The summed E-state index contributed by atoms with van der Waals surface area (Å²) in [4.78, 5) is 0. The summed E-state index contributed by atoms with van der Waals surface area (Å²) < 4.78 is 13.2. The number of nitrogens with two attached hydrogens (primary N) is 1. The van der Waals surface area contributed by atoms with Crippen molar-refractivity contribution in [3.63, 3.8) is 0 Å². The van der Waals surface area contributed by atoms with E-state index in [0.717, 1.165) is 5.56 Å². The molecular weight excluding hydrogens is 320 g/mol. The maximum atomic E-state index is 13.2.